The van der Waals surface area contributed by atoms with E-state index in [-0.39, 0.29) is 0 Å². The van der Waals surface area contributed by atoms with Crippen molar-refractivity contribution in [1.29, 1.82) is 0 Å². The molecule has 0 aromatic heterocycles. The van der Waals surface area contributed by atoms with E-state index in [1.165, 1.54) is 0 Å². The van der Waals surface area contributed by atoms with Crippen LogP contribution in [0.25, 0.3) is 0 Å². The van der Waals surface area contributed by atoms with Crippen LogP contribution in [0.5, 0.6) is 0 Å². The summed E-state index contributed by atoms with van der Waals surface area (Å²) in [6, 6.07) is 0.326. The van der Waals surface area contributed by atoms with Crippen LogP contribution in [0, 0.1) is 0 Å². The number of rotatable bonds is 8. The lowest BCUT2D eigenvalue weighted by Gasteiger charge is -2.19. The summed E-state index contributed by atoms with van der Waals surface area (Å²) in [6.07, 6.45) is 0.294. The van der Waals surface area contributed by atoms with Crippen LogP contribution in [-0.2, 0) is 9.47 Å². The summed E-state index contributed by atoms with van der Waals surface area (Å²) in [5.41, 5.74) is 0. The predicted octanol–water partition coefficient (Wildman–Crippen LogP) is 1.43. The fourth-order valence-electron chi connectivity index (χ4n) is 1.02. The fourth-order valence-corrected chi connectivity index (χ4v) is 1.02. The molecule has 0 bridgehead atoms. The molecule has 1 atom stereocenters. The highest BCUT2D eigenvalue weighted by Gasteiger charge is 2.07. The van der Waals surface area contributed by atoms with Gasteiger partial charge in [0.1, 0.15) is 0 Å². The third-order valence-electron chi connectivity index (χ3n) is 1.65. The second-order valence-electron chi connectivity index (χ2n) is 3.30. The van der Waals surface area contributed by atoms with Crippen LogP contribution in [-0.4, -0.2) is 38.5 Å². The first-order valence-corrected chi connectivity index (χ1v) is 5.13. The van der Waals surface area contributed by atoms with Crippen LogP contribution in [0.3, 0.4) is 0 Å². The Morgan fingerprint density at radius 2 is 1.85 bits per heavy atom. The zero-order valence-electron chi connectivity index (χ0n) is 9.30. The van der Waals surface area contributed by atoms with Crippen molar-refractivity contribution in [2.24, 2.45) is 0 Å². The maximum absolute atomic E-state index is 5.51. The van der Waals surface area contributed by atoms with Gasteiger partial charge in [-0.25, -0.2) is 0 Å². The molecule has 80 valence electrons. The molecule has 0 aromatic carbocycles. The van der Waals surface area contributed by atoms with E-state index in [2.05, 4.69) is 12.2 Å². The summed E-state index contributed by atoms with van der Waals surface area (Å²) in [5.74, 6) is 0. The monoisotopic (exact) mass is 189 g/mol. The van der Waals surface area contributed by atoms with E-state index in [0.29, 0.717) is 12.1 Å². The molecule has 0 aliphatic carbocycles. The molecule has 1 N–H and O–H groups in total. The lowest BCUT2D eigenvalue weighted by molar-refractivity contribution is 0.0317. The summed E-state index contributed by atoms with van der Waals surface area (Å²) in [7, 11) is 0. The number of hydrogen-bond donors (Lipinski definition) is 1. The first-order valence-electron chi connectivity index (χ1n) is 5.13. The van der Waals surface area contributed by atoms with Gasteiger partial charge in [-0.15, -0.1) is 0 Å². The van der Waals surface area contributed by atoms with Crippen molar-refractivity contribution >= 4 is 0 Å². The van der Waals surface area contributed by atoms with Crippen LogP contribution in [0.1, 0.15) is 27.7 Å². The molecule has 3 heteroatoms. The van der Waals surface area contributed by atoms with Crippen LogP contribution in [0.2, 0.25) is 0 Å². The quantitative estimate of drug-likeness (QED) is 0.626. The minimum Gasteiger partial charge on any atom is -0.380 e. The van der Waals surface area contributed by atoms with Gasteiger partial charge in [-0.1, -0.05) is 6.92 Å². The average molecular weight is 189 g/mol. The summed E-state index contributed by atoms with van der Waals surface area (Å²) in [4.78, 5) is 0. The molecule has 13 heavy (non-hydrogen) atoms. The minimum absolute atomic E-state index is 0.294. The van der Waals surface area contributed by atoms with Gasteiger partial charge >= 0.3 is 0 Å². The van der Waals surface area contributed by atoms with E-state index >= 15 is 0 Å². The first kappa shape index (κ1) is 12.9. The molecule has 0 amide bonds. The normalized spacial score (nSPS) is 13.6. The van der Waals surface area contributed by atoms with Gasteiger partial charge in [0.25, 0.3) is 0 Å². The Morgan fingerprint density at radius 3 is 2.31 bits per heavy atom. The fraction of sp³-hybridized carbons (Fsp3) is 1.00. The smallest absolute Gasteiger partial charge is 0.0645 e. The van der Waals surface area contributed by atoms with Crippen molar-refractivity contribution in [3.05, 3.63) is 0 Å². The molecule has 0 fully saturated rings. The van der Waals surface area contributed by atoms with Crippen molar-refractivity contribution < 1.29 is 9.47 Å². The molecule has 0 spiro atoms. The van der Waals surface area contributed by atoms with Crippen molar-refractivity contribution in [2.75, 3.05) is 26.4 Å². The molecule has 1 unspecified atom stereocenters. The Labute approximate surface area is 81.8 Å². The van der Waals surface area contributed by atoms with E-state index in [4.69, 9.17) is 9.47 Å². The minimum atomic E-state index is 0.294. The third kappa shape index (κ3) is 8.22. The van der Waals surface area contributed by atoms with Gasteiger partial charge in [0.2, 0.25) is 0 Å². The highest BCUT2D eigenvalue weighted by molar-refractivity contribution is 4.64. The largest absolute Gasteiger partial charge is 0.380 e. The molecule has 0 aromatic rings. The van der Waals surface area contributed by atoms with Crippen LogP contribution in [0.15, 0.2) is 0 Å². The van der Waals surface area contributed by atoms with E-state index in [9.17, 15) is 0 Å². The van der Waals surface area contributed by atoms with Crippen molar-refractivity contribution in [3.63, 3.8) is 0 Å². The lowest BCUT2D eigenvalue weighted by Crippen LogP contribution is -2.38. The summed E-state index contributed by atoms with van der Waals surface area (Å²) in [6.45, 7) is 11.4. The van der Waals surface area contributed by atoms with Crippen LogP contribution >= 0.6 is 0 Å². The molecule has 0 heterocycles. The zero-order chi connectivity index (χ0) is 10.1. The van der Waals surface area contributed by atoms with E-state index < -0.39 is 0 Å². The number of hydrogen-bond acceptors (Lipinski definition) is 3. The second-order valence-corrected chi connectivity index (χ2v) is 3.30. The van der Waals surface area contributed by atoms with Crippen LogP contribution < -0.4 is 5.32 Å². The van der Waals surface area contributed by atoms with Gasteiger partial charge in [-0.05, 0) is 27.3 Å². The topological polar surface area (TPSA) is 30.5 Å². The molecule has 0 aliphatic heterocycles. The SMILES string of the molecule is CCNC(COCC)COC(C)C. The highest BCUT2D eigenvalue weighted by Crippen LogP contribution is 1.93. The Kier molecular flexibility index (Phi) is 8.40. The van der Waals surface area contributed by atoms with E-state index in [1.54, 1.807) is 0 Å². The Bertz CT molecular complexity index is 107. The number of nitrogens with one attached hydrogen (secondary N) is 1. The maximum Gasteiger partial charge on any atom is 0.0645 e. The molecular weight excluding hydrogens is 166 g/mol. The van der Waals surface area contributed by atoms with E-state index in [1.807, 2.05) is 20.8 Å². The van der Waals surface area contributed by atoms with Gasteiger partial charge in [0.15, 0.2) is 0 Å². The molecular formula is C10H23NO2. The van der Waals surface area contributed by atoms with Gasteiger partial charge in [-0.2, -0.15) is 0 Å². The summed E-state index contributed by atoms with van der Waals surface area (Å²) < 4.78 is 10.8. The highest BCUT2D eigenvalue weighted by atomic mass is 16.5. The van der Waals surface area contributed by atoms with Gasteiger partial charge < -0.3 is 14.8 Å². The van der Waals surface area contributed by atoms with Gasteiger partial charge in [0, 0.05) is 6.61 Å². The van der Waals surface area contributed by atoms with Crippen molar-refractivity contribution in [1.82, 2.24) is 5.32 Å². The summed E-state index contributed by atoms with van der Waals surface area (Å²) in [5, 5.41) is 3.32. The number of ether oxygens (including phenoxy) is 2. The van der Waals surface area contributed by atoms with Crippen LogP contribution in [0.4, 0.5) is 0 Å². The second kappa shape index (κ2) is 8.48. The predicted molar refractivity (Wildman–Crippen MR) is 55.0 cm³/mol. The number of likely N-dealkylation sites (N-methyl/N-ethyl adjacent to an activating group) is 1. The molecule has 0 saturated carbocycles. The maximum atomic E-state index is 5.51. The molecule has 0 saturated heterocycles. The van der Waals surface area contributed by atoms with Crippen molar-refractivity contribution in [2.45, 2.75) is 39.8 Å². The zero-order valence-corrected chi connectivity index (χ0v) is 9.30. The molecule has 0 aliphatic rings. The Hall–Kier alpha value is -0.120. The average Bonchev–Trinajstić information content (AvgIpc) is 2.09. The van der Waals surface area contributed by atoms with Gasteiger partial charge in [0.05, 0.1) is 25.4 Å². The Balaban J connectivity index is 3.53. The van der Waals surface area contributed by atoms with E-state index in [0.717, 1.165) is 26.4 Å². The standard InChI is InChI=1S/C10H23NO2/c1-5-11-10(7-12-6-2)8-13-9(3)4/h9-11H,5-8H2,1-4H3. The van der Waals surface area contributed by atoms with Gasteiger partial charge in [-0.3, -0.25) is 0 Å². The molecule has 3 nitrogen and oxygen atoms in total. The first-order chi connectivity index (χ1) is 6.20. The van der Waals surface area contributed by atoms with Crippen molar-refractivity contribution in [3.8, 4) is 0 Å². The molecule has 0 rings (SSSR count). The molecule has 0 radical (unpaired) electrons. The summed E-state index contributed by atoms with van der Waals surface area (Å²) >= 11 is 0. The lowest BCUT2D eigenvalue weighted by atomic mass is 10.3. The third-order valence-corrected chi connectivity index (χ3v) is 1.65. The Morgan fingerprint density at radius 1 is 1.15 bits per heavy atom.